The molecule has 1 atom stereocenters. The summed E-state index contributed by atoms with van der Waals surface area (Å²) in [7, 11) is 2.18. The summed E-state index contributed by atoms with van der Waals surface area (Å²) < 4.78 is 0. The van der Waals surface area contributed by atoms with Gasteiger partial charge in [0, 0.05) is 57.2 Å². The minimum Gasteiger partial charge on any atom is -0.393 e. The third-order valence-corrected chi connectivity index (χ3v) is 7.65. The summed E-state index contributed by atoms with van der Waals surface area (Å²) in [6.07, 6.45) is 9.46. The molecule has 0 aromatic carbocycles. The highest BCUT2D eigenvalue weighted by Gasteiger charge is 2.22. The molecule has 2 aromatic heterocycles. The van der Waals surface area contributed by atoms with Crippen molar-refractivity contribution in [2.45, 2.75) is 84.0 Å². The normalized spacial score (nSPS) is 22.5. The molecular formula is C28H45N7O. The number of nitrogens with zero attached hydrogens (tertiary/aromatic N) is 5. The second-order valence-electron chi connectivity index (χ2n) is 11.0. The van der Waals surface area contributed by atoms with Crippen LogP contribution in [0.3, 0.4) is 0 Å². The van der Waals surface area contributed by atoms with Crippen LogP contribution in [0.1, 0.15) is 64.9 Å². The first-order chi connectivity index (χ1) is 17.4. The summed E-state index contributed by atoms with van der Waals surface area (Å²) in [6, 6.07) is 4.92. The van der Waals surface area contributed by atoms with E-state index in [0.717, 1.165) is 88.3 Å². The fourth-order valence-corrected chi connectivity index (χ4v) is 5.15. The van der Waals surface area contributed by atoms with Gasteiger partial charge in [0.2, 0.25) is 5.95 Å². The van der Waals surface area contributed by atoms with Crippen molar-refractivity contribution < 1.29 is 5.11 Å². The van der Waals surface area contributed by atoms with Crippen LogP contribution in [0, 0.1) is 5.92 Å². The van der Waals surface area contributed by atoms with E-state index in [4.69, 9.17) is 15.0 Å². The highest BCUT2D eigenvalue weighted by molar-refractivity contribution is 5.73. The van der Waals surface area contributed by atoms with Gasteiger partial charge in [-0.25, -0.2) is 4.98 Å². The van der Waals surface area contributed by atoms with Gasteiger partial charge in [-0.05, 0) is 56.7 Å². The smallest absolute Gasteiger partial charge is 0.224 e. The van der Waals surface area contributed by atoms with Crippen molar-refractivity contribution in [3.8, 4) is 11.3 Å². The standard InChI is InChI=1S/C28H45N7O/c1-5-6-25(20(2)3)32-28-30-18-24(27(33-28)31-22-8-10-23(36)11-9-22)26-12-7-21(17-29-26)19-35-15-13-34(4)14-16-35/h7,12,17-18,20,22-23,25,36H,5-6,8-11,13-16,19H2,1-4H3,(H2,30,31,32,33)/t22-,23-,25?. The molecule has 4 rings (SSSR count). The Morgan fingerprint density at radius 3 is 2.42 bits per heavy atom. The van der Waals surface area contributed by atoms with Crippen LogP contribution in [0.4, 0.5) is 11.8 Å². The molecule has 36 heavy (non-hydrogen) atoms. The molecule has 3 heterocycles. The maximum Gasteiger partial charge on any atom is 0.224 e. The monoisotopic (exact) mass is 495 g/mol. The molecular weight excluding hydrogens is 450 g/mol. The highest BCUT2D eigenvalue weighted by Crippen LogP contribution is 2.29. The number of pyridine rings is 1. The van der Waals surface area contributed by atoms with Gasteiger partial charge < -0.3 is 20.6 Å². The summed E-state index contributed by atoms with van der Waals surface area (Å²) in [4.78, 5) is 19.3. The minimum atomic E-state index is -0.180. The summed E-state index contributed by atoms with van der Waals surface area (Å²) in [5, 5.41) is 17.2. The van der Waals surface area contributed by atoms with E-state index in [2.05, 4.69) is 60.4 Å². The first kappa shape index (κ1) is 26.8. The number of rotatable bonds is 10. The van der Waals surface area contributed by atoms with Crippen molar-refractivity contribution in [1.82, 2.24) is 24.8 Å². The lowest BCUT2D eigenvalue weighted by Gasteiger charge is -2.32. The SMILES string of the molecule is CCCC(Nc1ncc(-c2ccc(CN3CCN(C)CC3)cn2)c(N[C@H]2CC[C@H](O)CC2)n1)C(C)C. The molecule has 1 saturated carbocycles. The third kappa shape index (κ3) is 7.37. The number of hydrogen-bond donors (Lipinski definition) is 3. The average Bonchev–Trinajstić information content (AvgIpc) is 2.87. The Hall–Kier alpha value is -2.29. The lowest BCUT2D eigenvalue weighted by molar-refractivity contribution is 0.126. The van der Waals surface area contributed by atoms with Crippen LogP contribution in [0.5, 0.6) is 0 Å². The number of likely N-dealkylation sites (N-methyl/N-ethyl adjacent to an activating group) is 1. The zero-order valence-corrected chi connectivity index (χ0v) is 22.6. The number of piperazine rings is 1. The molecule has 0 bridgehead atoms. The van der Waals surface area contributed by atoms with Crippen molar-refractivity contribution >= 4 is 11.8 Å². The van der Waals surface area contributed by atoms with Gasteiger partial charge in [0.15, 0.2) is 0 Å². The minimum absolute atomic E-state index is 0.180. The van der Waals surface area contributed by atoms with Crippen molar-refractivity contribution in [3.05, 3.63) is 30.1 Å². The molecule has 8 heteroatoms. The van der Waals surface area contributed by atoms with Crippen LogP contribution in [-0.4, -0.2) is 81.3 Å². The number of aromatic nitrogens is 3. The highest BCUT2D eigenvalue weighted by atomic mass is 16.3. The summed E-state index contributed by atoms with van der Waals surface area (Å²) >= 11 is 0. The summed E-state index contributed by atoms with van der Waals surface area (Å²) in [5.74, 6) is 1.99. The lowest BCUT2D eigenvalue weighted by atomic mass is 9.93. The largest absolute Gasteiger partial charge is 0.393 e. The van der Waals surface area contributed by atoms with E-state index in [0.29, 0.717) is 23.9 Å². The van der Waals surface area contributed by atoms with Gasteiger partial charge in [-0.1, -0.05) is 33.3 Å². The van der Waals surface area contributed by atoms with Gasteiger partial charge in [0.25, 0.3) is 0 Å². The molecule has 0 radical (unpaired) electrons. The molecule has 1 aliphatic heterocycles. The van der Waals surface area contributed by atoms with E-state index < -0.39 is 0 Å². The van der Waals surface area contributed by atoms with E-state index in [9.17, 15) is 5.11 Å². The predicted molar refractivity (Wildman–Crippen MR) is 147 cm³/mol. The van der Waals surface area contributed by atoms with E-state index in [1.54, 1.807) is 0 Å². The van der Waals surface area contributed by atoms with Crippen LogP contribution in [0.15, 0.2) is 24.5 Å². The van der Waals surface area contributed by atoms with Crippen molar-refractivity contribution in [1.29, 1.82) is 0 Å². The Labute approximate surface area is 216 Å². The van der Waals surface area contributed by atoms with E-state index in [1.165, 1.54) is 5.56 Å². The molecule has 2 fully saturated rings. The Bertz CT molecular complexity index is 935. The number of anilines is 2. The fourth-order valence-electron chi connectivity index (χ4n) is 5.15. The topological polar surface area (TPSA) is 89.4 Å². The van der Waals surface area contributed by atoms with E-state index >= 15 is 0 Å². The first-order valence-electron chi connectivity index (χ1n) is 13.9. The fraction of sp³-hybridized carbons (Fsp3) is 0.679. The molecule has 1 unspecified atom stereocenters. The molecule has 0 amide bonds. The molecule has 0 spiro atoms. The molecule has 1 saturated heterocycles. The van der Waals surface area contributed by atoms with Crippen LogP contribution < -0.4 is 10.6 Å². The molecule has 2 aromatic rings. The molecule has 1 aliphatic carbocycles. The van der Waals surface area contributed by atoms with E-state index in [-0.39, 0.29) is 6.10 Å². The Morgan fingerprint density at radius 1 is 1.03 bits per heavy atom. The zero-order chi connectivity index (χ0) is 25.5. The van der Waals surface area contributed by atoms with Gasteiger partial charge >= 0.3 is 0 Å². The van der Waals surface area contributed by atoms with E-state index in [1.807, 2.05) is 12.4 Å². The van der Waals surface area contributed by atoms with Crippen LogP contribution >= 0.6 is 0 Å². The van der Waals surface area contributed by atoms with Crippen LogP contribution in [0.25, 0.3) is 11.3 Å². The average molecular weight is 496 g/mol. The molecule has 3 N–H and O–H groups in total. The number of hydrogen-bond acceptors (Lipinski definition) is 8. The Kier molecular flexibility index (Phi) is 9.51. The first-order valence-corrected chi connectivity index (χ1v) is 13.9. The van der Waals surface area contributed by atoms with Gasteiger partial charge in [0.1, 0.15) is 5.82 Å². The van der Waals surface area contributed by atoms with Gasteiger partial charge in [-0.2, -0.15) is 4.98 Å². The molecule has 8 nitrogen and oxygen atoms in total. The number of aliphatic hydroxyl groups is 1. The zero-order valence-electron chi connectivity index (χ0n) is 22.6. The predicted octanol–water partition coefficient (Wildman–Crippen LogP) is 4.24. The molecule has 2 aliphatic rings. The maximum atomic E-state index is 9.95. The van der Waals surface area contributed by atoms with Crippen molar-refractivity contribution in [2.75, 3.05) is 43.9 Å². The second kappa shape index (κ2) is 12.8. The second-order valence-corrected chi connectivity index (χ2v) is 11.0. The Morgan fingerprint density at radius 2 is 1.78 bits per heavy atom. The van der Waals surface area contributed by atoms with Crippen LogP contribution in [0.2, 0.25) is 0 Å². The van der Waals surface area contributed by atoms with Crippen molar-refractivity contribution in [2.24, 2.45) is 5.92 Å². The quantitative estimate of drug-likeness (QED) is 0.451. The summed E-state index contributed by atoms with van der Waals surface area (Å²) in [5.41, 5.74) is 3.04. The van der Waals surface area contributed by atoms with Crippen LogP contribution in [-0.2, 0) is 6.54 Å². The number of nitrogens with one attached hydrogen (secondary N) is 2. The maximum absolute atomic E-state index is 9.95. The molecule has 198 valence electrons. The van der Waals surface area contributed by atoms with Gasteiger partial charge in [0.05, 0.1) is 17.4 Å². The van der Waals surface area contributed by atoms with Gasteiger partial charge in [-0.3, -0.25) is 9.88 Å². The lowest BCUT2D eigenvalue weighted by Crippen LogP contribution is -2.43. The third-order valence-electron chi connectivity index (χ3n) is 7.65. The summed E-state index contributed by atoms with van der Waals surface area (Å²) in [6.45, 7) is 12.1. The van der Waals surface area contributed by atoms with Gasteiger partial charge in [-0.15, -0.1) is 0 Å². The Balaban J connectivity index is 1.52. The number of aliphatic hydroxyl groups excluding tert-OH is 1. The van der Waals surface area contributed by atoms with Crippen molar-refractivity contribution in [3.63, 3.8) is 0 Å².